The number of nitrogens with zero attached hydrogens (tertiary/aromatic N) is 4. The van der Waals surface area contributed by atoms with Gasteiger partial charge in [-0.15, -0.1) is 0 Å². The van der Waals surface area contributed by atoms with E-state index in [0.717, 1.165) is 22.4 Å². The predicted molar refractivity (Wildman–Crippen MR) is 166 cm³/mol. The molecule has 0 spiro atoms. The molecule has 45 heavy (non-hydrogen) atoms. The third kappa shape index (κ3) is 5.38. The van der Waals surface area contributed by atoms with Crippen molar-refractivity contribution in [1.82, 2.24) is 4.90 Å². The number of carbonyl (C=O) groups excluding carboxylic acids is 3. The normalized spacial score (nSPS) is 21.5. The van der Waals surface area contributed by atoms with Gasteiger partial charge < -0.3 is 24.9 Å². The Labute approximate surface area is 260 Å². The van der Waals surface area contributed by atoms with E-state index in [9.17, 15) is 34.7 Å². The number of fused-ring (bicyclic) bond motifs is 2. The molecule has 11 nitrogen and oxygen atoms in total. The molecule has 0 unspecified atom stereocenters. The second kappa shape index (κ2) is 11.9. The molecule has 1 fully saturated rings. The van der Waals surface area contributed by atoms with Crippen molar-refractivity contribution in [3.8, 4) is 0 Å². The van der Waals surface area contributed by atoms with Crippen molar-refractivity contribution in [1.29, 1.82) is 0 Å². The Morgan fingerprint density at radius 3 is 2.58 bits per heavy atom. The maximum Gasteiger partial charge on any atom is 0.269 e. The molecule has 3 atom stereocenters. The summed E-state index contributed by atoms with van der Waals surface area (Å²) in [5.74, 6) is -1.66. The van der Waals surface area contributed by atoms with E-state index in [4.69, 9.17) is 0 Å². The first kappa shape index (κ1) is 30.2. The Bertz CT molecular complexity index is 1720. The molecule has 3 heterocycles. The van der Waals surface area contributed by atoms with Gasteiger partial charge in [-0.25, -0.2) is 0 Å². The lowest BCUT2D eigenvalue weighted by Gasteiger charge is -2.36. The molecule has 3 aliphatic heterocycles. The van der Waals surface area contributed by atoms with Gasteiger partial charge in [-0.3, -0.25) is 24.5 Å². The summed E-state index contributed by atoms with van der Waals surface area (Å²) >= 11 is 0. The number of non-ortho nitro benzene ring substituents is 1. The number of β-lactam (4-membered cyclic amide) rings is 1. The molecule has 0 bridgehead atoms. The molecule has 2 N–H and O–H groups in total. The minimum Gasteiger partial charge on any atom is -0.394 e. The van der Waals surface area contributed by atoms with E-state index in [1.165, 1.54) is 23.1 Å². The second-order valence-electron chi connectivity index (χ2n) is 11.8. The van der Waals surface area contributed by atoms with Crippen LogP contribution in [0.15, 0.2) is 78.9 Å². The van der Waals surface area contributed by atoms with Gasteiger partial charge in [-0.2, -0.15) is 0 Å². The average Bonchev–Trinajstić information content (AvgIpc) is 3.25. The summed E-state index contributed by atoms with van der Waals surface area (Å²) in [4.78, 5) is 55.0. The van der Waals surface area contributed by atoms with Crippen molar-refractivity contribution in [3.05, 3.63) is 111 Å². The van der Waals surface area contributed by atoms with Gasteiger partial charge in [-0.05, 0) is 41.3 Å². The number of nitro benzene ring substituents is 1. The first-order chi connectivity index (χ1) is 21.6. The zero-order chi connectivity index (χ0) is 31.9. The third-order valence-electron chi connectivity index (χ3n) is 9.14. The minimum atomic E-state index is -2.12. The predicted octanol–water partition coefficient (Wildman–Crippen LogP) is 3.59. The minimum absolute atomic E-state index is 0.0131. The molecule has 11 heteroatoms. The molecular weight excluding hydrogens is 576 g/mol. The molecule has 3 aromatic carbocycles. The van der Waals surface area contributed by atoms with Gasteiger partial charge in [-0.1, -0.05) is 55.5 Å². The molecule has 3 amide bonds. The molecule has 3 aliphatic rings. The van der Waals surface area contributed by atoms with E-state index < -0.39 is 22.3 Å². The Morgan fingerprint density at radius 2 is 1.89 bits per heavy atom. The number of aliphatic hydroxyl groups excluding tert-OH is 1. The molecule has 0 saturated carbocycles. The van der Waals surface area contributed by atoms with Crippen molar-refractivity contribution >= 4 is 34.8 Å². The van der Waals surface area contributed by atoms with Crippen LogP contribution in [0.2, 0.25) is 0 Å². The van der Waals surface area contributed by atoms with Crippen LogP contribution < -0.4 is 9.80 Å². The number of anilines is 2. The fraction of sp³-hybridized carbons (Fsp3) is 0.324. The highest BCUT2D eigenvalue weighted by atomic mass is 16.6. The van der Waals surface area contributed by atoms with Crippen LogP contribution in [0.3, 0.4) is 0 Å². The van der Waals surface area contributed by atoms with Crippen LogP contribution >= 0.6 is 0 Å². The molecule has 232 valence electrons. The summed E-state index contributed by atoms with van der Waals surface area (Å²) in [5, 5.41) is 33.6. The van der Waals surface area contributed by atoms with Gasteiger partial charge in [0.25, 0.3) is 11.6 Å². The van der Waals surface area contributed by atoms with Crippen molar-refractivity contribution in [3.63, 3.8) is 0 Å². The van der Waals surface area contributed by atoms with E-state index in [-0.39, 0.29) is 48.7 Å². The molecule has 1 saturated heterocycles. The van der Waals surface area contributed by atoms with Crippen LogP contribution in [0.1, 0.15) is 42.0 Å². The van der Waals surface area contributed by atoms with Crippen molar-refractivity contribution in [2.24, 2.45) is 5.92 Å². The number of aliphatic hydroxyl groups is 2. The summed E-state index contributed by atoms with van der Waals surface area (Å²) in [6.45, 7) is 2.54. The maximum atomic E-state index is 14.0. The molecular formula is C34H34N4O7. The second-order valence-corrected chi connectivity index (χ2v) is 11.8. The maximum absolute atomic E-state index is 14.0. The molecule has 0 radical (unpaired) electrons. The third-order valence-corrected chi connectivity index (χ3v) is 9.14. The SMILES string of the molecule is C[C@H](/C=C/CC(=O)N1Cc2ccccc2C[C@H]1CO)[C@@]1(O)C(=O)N(Cc2cccc(N3CCC3=O)c2)c2ccc([N+](=O)[O-])cc21. The van der Waals surface area contributed by atoms with Crippen molar-refractivity contribution in [2.45, 2.75) is 50.9 Å². The fourth-order valence-electron chi connectivity index (χ4n) is 6.47. The lowest BCUT2D eigenvalue weighted by atomic mass is 9.82. The lowest BCUT2D eigenvalue weighted by Crippen LogP contribution is -2.46. The van der Waals surface area contributed by atoms with Gasteiger partial charge in [0.05, 0.1) is 29.8 Å². The first-order valence-corrected chi connectivity index (χ1v) is 15.0. The van der Waals surface area contributed by atoms with Crippen LogP contribution in [0, 0.1) is 16.0 Å². The highest BCUT2D eigenvalue weighted by molar-refractivity contribution is 6.07. The van der Waals surface area contributed by atoms with Crippen LogP contribution in [-0.2, 0) is 39.5 Å². The van der Waals surface area contributed by atoms with Crippen molar-refractivity contribution in [2.75, 3.05) is 23.0 Å². The van der Waals surface area contributed by atoms with E-state index in [1.807, 2.05) is 42.5 Å². The van der Waals surface area contributed by atoms with Crippen LogP contribution in [0.25, 0.3) is 0 Å². The summed E-state index contributed by atoms with van der Waals surface area (Å²) in [6, 6.07) is 18.7. The number of hydrogen-bond donors (Lipinski definition) is 2. The van der Waals surface area contributed by atoms with Crippen LogP contribution in [0.5, 0.6) is 0 Å². The summed E-state index contributed by atoms with van der Waals surface area (Å²) in [7, 11) is 0. The molecule has 0 aromatic heterocycles. The smallest absolute Gasteiger partial charge is 0.269 e. The van der Waals surface area contributed by atoms with Crippen molar-refractivity contribution < 1.29 is 29.5 Å². The van der Waals surface area contributed by atoms with E-state index >= 15 is 0 Å². The van der Waals surface area contributed by atoms with Gasteiger partial charge in [0, 0.05) is 55.2 Å². The number of rotatable bonds is 9. The Balaban J connectivity index is 1.23. The number of benzene rings is 3. The summed E-state index contributed by atoms with van der Waals surface area (Å²) in [5.41, 5.74) is 1.67. The number of nitro groups is 1. The Morgan fingerprint density at radius 1 is 1.11 bits per heavy atom. The molecule has 3 aromatic rings. The summed E-state index contributed by atoms with van der Waals surface area (Å²) in [6.07, 6.45) is 4.21. The van der Waals surface area contributed by atoms with Crippen LogP contribution in [0.4, 0.5) is 17.1 Å². The first-order valence-electron chi connectivity index (χ1n) is 15.0. The Hall–Kier alpha value is -4.87. The number of carbonyl (C=O) groups is 3. The summed E-state index contributed by atoms with van der Waals surface area (Å²) < 4.78 is 0. The van der Waals surface area contributed by atoms with Gasteiger partial charge in [0.1, 0.15) is 0 Å². The zero-order valence-corrected chi connectivity index (χ0v) is 24.8. The zero-order valence-electron chi connectivity index (χ0n) is 24.8. The standard InChI is InChI=1S/C34H34N4O7/c1-22(6-4-11-31(40)36-20-25-9-3-2-8-24(25)17-28(36)21-39)34(43)29-18-27(38(44)45)12-13-30(29)37(33(34)42)19-23-7-5-10-26(16-23)35-15-14-32(35)41/h2-10,12-13,16,18,22,28,39,43H,11,14-15,17,19-21H2,1H3/b6-4+/t22-,28+,34+/m1/s1. The highest BCUT2D eigenvalue weighted by Crippen LogP contribution is 2.47. The van der Waals surface area contributed by atoms with E-state index in [2.05, 4.69) is 0 Å². The number of amides is 3. The molecule has 6 rings (SSSR count). The van der Waals surface area contributed by atoms with Gasteiger partial charge >= 0.3 is 0 Å². The van der Waals surface area contributed by atoms with Gasteiger partial charge in [0.2, 0.25) is 11.8 Å². The largest absolute Gasteiger partial charge is 0.394 e. The quantitative estimate of drug-likeness (QED) is 0.163. The fourth-order valence-corrected chi connectivity index (χ4v) is 6.47. The Kier molecular flexibility index (Phi) is 7.98. The molecule has 0 aliphatic carbocycles. The van der Waals surface area contributed by atoms with E-state index in [0.29, 0.717) is 31.6 Å². The van der Waals surface area contributed by atoms with Crippen LogP contribution in [-0.4, -0.2) is 57.0 Å². The average molecular weight is 611 g/mol. The van der Waals surface area contributed by atoms with Gasteiger partial charge in [0.15, 0.2) is 5.60 Å². The monoisotopic (exact) mass is 610 g/mol. The van der Waals surface area contributed by atoms with E-state index in [1.54, 1.807) is 34.9 Å². The number of hydrogen-bond acceptors (Lipinski definition) is 7. The highest BCUT2D eigenvalue weighted by Gasteiger charge is 2.53. The lowest BCUT2D eigenvalue weighted by molar-refractivity contribution is -0.385. The topological polar surface area (TPSA) is 145 Å².